The first-order chi connectivity index (χ1) is 9.11. The molecule has 1 aromatic rings. The Balaban J connectivity index is 2.14. The third-order valence-electron chi connectivity index (χ3n) is 3.05. The lowest BCUT2D eigenvalue weighted by Crippen LogP contribution is -2.35. The van der Waals surface area contributed by atoms with Gasteiger partial charge in [-0.05, 0) is 31.0 Å². The minimum atomic E-state index is -0.913. The van der Waals surface area contributed by atoms with Crippen LogP contribution < -0.4 is 0 Å². The number of nitrogens with zero attached hydrogens (tertiary/aromatic N) is 2. The largest absolute Gasteiger partial charge is 0.481 e. The normalized spacial score (nSPS) is 13.6. The minimum Gasteiger partial charge on any atom is -0.481 e. The summed E-state index contributed by atoms with van der Waals surface area (Å²) in [5, 5.41) is 17.5. The van der Waals surface area contributed by atoms with E-state index >= 15 is 0 Å². The average molecular weight is 258 g/mol. The zero-order valence-electron chi connectivity index (χ0n) is 10.4. The molecule has 98 valence electrons. The van der Waals surface area contributed by atoms with Crippen molar-refractivity contribution in [1.82, 2.24) is 4.90 Å². The Bertz CT molecular complexity index is 544. The molecular formula is C14H14N2O3. The topological polar surface area (TPSA) is 81.4 Å². The summed E-state index contributed by atoms with van der Waals surface area (Å²) in [4.78, 5) is 24.6. The van der Waals surface area contributed by atoms with Crippen LogP contribution in [0.3, 0.4) is 0 Å². The summed E-state index contributed by atoms with van der Waals surface area (Å²) >= 11 is 0. The number of carboxylic acids is 1. The van der Waals surface area contributed by atoms with Crippen LogP contribution in [0.4, 0.5) is 0 Å². The van der Waals surface area contributed by atoms with E-state index in [1.807, 2.05) is 6.07 Å². The standard InChI is InChI=1S/C14H14N2O3/c15-9-10-2-1-3-11(8-10)14(19)16(12-4-5-12)7-6-13(17)18/h1-3,8,12H,4-7H2,(H,17,18). The van der Waals surface area contributed by atoms with Gasteiger partial charge in [-0.1, -0.05) is 6.07 Å². The van der Waals surface area contributed by atoms with Crippen LogP contribution in [0.5, 0.6) is 0 Å². The summed E-state index contributed by atoms with van der Waals surface area (Å²) in [5.74, 6) is -1.11. The lowest BCUT2D eigenvalue weighted by Gasteiger charge is -2.21. The van der Waals surface area contributed by atoms with E-state index < -0.39 is 5.97 Å². The molecule has 19 heavy (non-hydrogen) atoms. The maximum atomic E-state index is 12.3. The van der Waals surface area contributed by atoms with Crippen LogP contribution >= 0.6 is 0 Å². The molecule has 1 aliphatic rings. The molecule has 1 fully saturated rings. The van der Waals surface area contributed by atoms with Crippen molar-refractivity contribution < 1.29 is 14.7 Å². The lowest BCUT2D eigenvalue weighted by molar-refractivity contribution is -0.137. The van der Waals surface area contributed by atoms with Crippen LogP contribution in [0.2, 0.25) is 0 Å². The van der Waals surface area contributed by atoms with E-state index in [-0.39, 0.29) is 24.9 Å². The SMILES string of the molecule is N#Cc1cccc(C(=O)N(CCC(=O)O)C2CC2)c1. The molecule has 5 heteroatoms. The fourth-order valence-corrected chi connectivity index (χ4v) is 1.94. The minimum absolute atomic E-state index is 0.0554. The van der Waals surface area contributed by atoms with E-state index in [1.165, 1.54) is 0 Å². The maximum absolute atomic E-state index is 12.3. The van der Waals surface area contributed by atoms with Gasteiger partial charge in [0.05, 0.1) is 18.1 Å². The Hall–Kier alpha value is -2.35. The summed E-state index contributed by atoms with van der Waals surface area (Å²) in [5.41, 5.74) is 0.871. The van der Waals surface area contributed by atoms with Crippen LogP contribution in [0.25, 0.3) is 0 Å². The summed E-state index contributed by atoms with van der Waals surface area (Å²) in [6, 6.07) is 8.63. The number of carbonyl (C=O) groups is 2. The number of rotatable bonds is 5. The Morgan fingerprint density at radius 2 is 2.16 bits per heavy atom. The number of hydrogen-bond acceptors (Lipinski definition) is 3. The Morgan fingerprint density at radius 3 is 2.74 bits per heavy atom. The fourth-order valence-electron chi connectivity index (χ4n) is 1.94. The molecule has 0 atom stereocenters. The number of hydrogen-bond donors (Lipinski definition) is 1. The second-order valence-electron chi connectivity index (χ2n) is 4.57. The van der Waals surface area contributed by atoms with Crippen molar-refractivity contribution in [1.29, 1.82) is 5.26 Å². The fraction of sp³-hybridized carbons (Fsp3) is 0.357. The van der Waals surface area contributed by atoms with E-state index in [4.69, 9.17) is 10.4 Å². The van der Waals surface area contributed by atoms with Crippen molar-refractivity contribution in [2.45, 2.75) is 25.3 Å². The van der Waals surface area contributed by atoms with Gasteiger partial charge in [0.15, 0.2) is 0 Å². The number of carbonyl (C=O) groups excluding carboxylic acids is 1. The zero-order valence-corrected chi connectivity index (χ0v) is 10.4. The second-order valence-corrected chi connectivity index (χ2v) is 4.57. The molecule has 1 saturated carbocycles. The number of carboxylic acid groups (broad SMARTS) is 1. The third kappa shape index (κ3) is 3.32. The number of aliphatic carboxylic acids is 1. The molecule has 0 spiro atoms. The molecule has 1 aliphatic carbocycles. The predicted octanol–water partition coefficient (Wildman–Crippen LogP) is 1.64. The van der Waals surface area contributed by atoms with E-state index in [0.29, 0.717) is 11.1 Å². The monoisotopic (exact) mass is 258 g/mol. The summed E-state index contributed by atoms with van der Waals surface area (Å²) in [6.45, 7) is 0.218. The molecule has 0 saturated heterocycles. The first kappa shape index (κ1) is 13.1. The molecular weight excluding hydrogens is 244 g/mol. The van der Waals surface area contributed by atoms with E-state index in [0.717, 1.165) is 12.8 Å². The molecule has 2 rings (SSSR count). The second kappa shape index (κ2) is 5.53. The Labute approximate surface area is 111 Å². The van der Waals surface area contributed by atoms with Gasteiger partial charge >= 0.3 is 5.97 Å². The van der Waals surface area contributed by atoms with Crippen molar-refractivity contribution in [3.05, 3.63) is 35.4 Å². The summed E-state index contributed by atoms with van der Waals surface area (Å²) in [6.07, 6.45) is 1.78. The zero-order chi connectivity index (χ0) is 13.8. The van der Waals surface area contributed by atoms with Crippen LogP contribution in [0.15, 0.2) is 24.3 Å². The highest BCUT2D eigenvalue weighted by atomic mass is 16.4. The van der Waals surface area contributed by atoms with Crippen molar-refractivity contribution in [2.75, 3.05) is 6.54 Å². The van der Waals surface area contributed by atoms with E-state index in [2.05, 4.69) is 0 Å². The molecule has 1 amide bonds. The van der Waals surface area contributed by atoms with Crippen molar-refractivity contribution >= 4 is 11.9 Å². The van der Waals surface area contributed by atoms with Gasteiger partial charge in [-0.15, -0.1) is 0 Å². The first-order valence-corrected chi connectivity index (χ1v) is 6.14. The highest BCUT2D eigenvalue weighted by Crippen LogP contribution is 2.28. The molecule has 5 nitrogen and oxygen atoms in total. The smallest absolute Gasteiger partial charge is 0.305 e. The van der Waals surface area contributed by atoms with Gasteiger partial charge in [-0.3, -0.25) is 9.59 Å². The van der Waals surface area contributed by atoms with Crippen LogP contribution in [-0.2, 0) is 4.79 Å². The Kier molecular flexibility index (Phi) is 3.81. The van der Waals surface area contributed by atoms with Gasteiger partial charge in [-0.25, -0.2) is 0 Å². The van der Waals surface area contributed by atoms with Gasteiger partial charge in [0, 0.05) is 18.2 Å². The summed E-state index contributed by atoms with van der Waals surface area (Å²) < 4.78 is 0. The first-order valence-electron chi connectivity index (χ1n) is 6.14. The van der Waals surface area contributed by atoms with Crippen LogP contribution in [0, 0.1) is 11.3 Å². The van der Waals surface area contributed by atoms with Gasteiger partial charge in [0.25, 0.3) is 5.91 Å². The molecule has 0 unspecified atom stereocenters. The molecule has 0 heterocycles. The Morgan fingerprint density at radius 1 is 1.42 bits per heavy atom. The van der Waals surface area contributed by atoms with Crippen LogP contribution in [0.1, 0.15) is 35.2 Å². The summed E-state index contributed by atoms with van der Waals surface area (Å²) in [7, 11) is 0. The molecule has 1 aromatic carbocycles. The predicted molar refractivity (Wildman–Crippen MR) is 67.5 cm³/mol. The highest BCUT2D eigenvalue weighted by molar-refractivity contribution is 5.95. The lowest BCUT2D eigenvalue weighted by atomic mass is 10.1. The maximum Gasteiger partial charge on any atom is 0.305 e. The number of benzene rings is 1. The van der Waals surface area contributed by atoms with Crippen molar-refractivity contribution in [2.24, 2.45) is 0 Å². The van der Waals surface area contributed by atoms with Gasteiger partial charge in [0.2, 0.25) is 0 Å². The van der Waals surface area contributed by atoms with Gasteiger partial charge < -0.3 is 10.0 Å². The molecule has 0 aromatic heterocycles. The molecule has 1 N–H and O–H groups in total. The molecule has 0 radical (unpaired) electrons. The van der Waals surface area contributed by atoms with E-state index in [1.54, 1.807) is 29.2 Å². The van der Waals surface area contributed by atoms with Crippen molar-refractivity contribution in [3.8, 4) is 6.07 Å². The molecule has 0 bridgehead atoms. The van der Waals surface area contributed by atoms with E-state index in [9.17, 15) is 9.59 Å². The third-order valence-corrected chi connectivity index (χ3v) is 3.05. The van der Waals surface area contributed by atoms with Gasteiger partial charge in [0.1, 0.15) is 0 Å². The van der Waals surface area contributed by atoms with Crippen molar-refractivity contribution in [3.63, 3.8) is 0 Å². The van der Waals surface area contributed by atoms with Crippen LogP contribution in [-0.4, -0.2) is 34.5 Å². The quantitative estimate of drug-likeness (QED) is 0.870. The number of amides is 1. The number of nitriles is 1. The average Bonchev–Trinajstić information content (AvgIpc) is 3.23. The van der Waals surface area contributed by atoms with Gasteiger partial charge in [-0.2, -0.15) is 5.26 Å². The molecule has 0 aliphatic heterocycles. The highest BCUT2D eigenvalue weighted by Gasteiger charge is 2.33.